The number of methoxy groups -OCH3 is 1. The highest BCUT2D eigenvalue weighted by molar-refractivity contribution is 7.99. The van der Waals surface area contributed by atoms with E-state index < -0.39 is 5.97 Å². The van der Waals surface area contributed by atoms with Gasteiger partial charge in [-0.3, -0.25) is 14.8 Å². The Hall–Kier alpha value is -2.71. The Labute approximate surface area is 211 Å². The van der Waals surface area contributed by atoms with Gasteiger partial charge in [-0.25, -0.2) is 4.98 Å². The fraction of sp³-hybridized carbons (Fsp3) is 0.481. The molecule has 3 aromatic rings. The lowest BCUT2D eigenvalue weighted by molar-refractivity contribution is -0.137. The average molecular weight is 495 g/mol. The number of aryl methyl sites for hydroxylation is 1. The summed E-state index contributed by atoms with van der Waals surface area (Å²) in [5.74, 6) is 2.12. The van der Waals surface area contributed by atoms with Crippen molar-refractivity contribution in [3.05, 3.63) is 54.6 Å². The van der Waals surface area contributed by atoms with Crippen LogP contribution < -0.4 is 4.74 Å². The van der Waals surface area contributed by atoms with Crippen molar-refractivity contribution >= 4 is 28.6 Å². The van der Waals surface area contributed by atoms with E-state index in [1.165, 1.54) is 5.56 Å². The van der Waals surface area contributed by atoms with E-state index in [0.717, 1.165) is 79.2 Å². The zero-order chi connectivity index (χ0) is 24.5. The summed E-state index contributed by atoms with van der Waals surface area (Å²) in [5, 5.41) is 11.4. The largest absolute Gasteiger partial charge is 0.497 e. The molecule has 0 radical (unpaired) electrons. The lowest BCUT2D eigenvalue weighted by Crippen LogP contribution is -2.41. The molecule has 1 aliphatic heterocycles. The fourth-order valence-corrected chi connectivity index (χ4v) is 5.93. The van der Waals surface area contributed by atoms with Crippen LogP contribution in [0.15, 0.2) is 54.1 Å². The number of likely N-dealkylation sites (tertiary alicyclic amines) is 1. The van der Waals surface area contributed by atoms with E-state index in [4.69, 9.17) is 4.74 Å². The summed E-state index contributed by atoms with van der Waals surface area (Å²) < 4.78 is 5.41. The smallest absolute Gasteiger partial charge is 0.303 e. The van der Waals surface area contributed by atoms with Crippen molar-refractivity contribution in [3.8, 4) is 5.75 Å². The van der Waals surface area contributed by atoms with Crippen LogP contribution in [0.3, 0.4) is 0 Å². The molecule has 0 spiro atoms. The number of pyridine rings is 1. The number of carbonyl (C=O) groups is 1. The maximum absolute atomic E-state index is 11.3. The molecule has 1 fully saturated rings. The highest BCUT2D eigenvalue weighted by Gasteiger charge is 2.29. The molecule has 0 bridgehead atoms. The van der Waals surface area contributed by atoms with E-state index in [1.807, 2.05) is 18.3 Å². The van der Waals surface area contributed by atoms with E-state index >= 15 is 0 Å². The minimum Gasteiger partial charge on any atom is -0.497 e. The summed E-state index contributed by atoms with van der Waals surface area (Å²) in [7, 11) is 1.69. The number of aliphatic carboxylic acids is 1. The van der Waals surface area contributed by atoms with E-state index in [9.17, 15) is 9.90 Å². The van der Waals surface area contributed by atoms with Gasteiger partial charge in [0.2, 0.25) is 0 Å². The average Bonchev–Trinajstić information content (AvgIpc) is 2.88. The van der Waals surface area contributed by atoms with Crippen molar-refractivity contribution < 1.29 is 14.6 Å². The predicted octanol–water partition coefficient (Wildman–Crippen LogP) is 4.95. The molecular formula is C27H34N4O3S. The van der Waals surface area contributed by atoms with Crippen LogP contribution >= 0.6 is 11.8 Å². The van der Waals surface area contributed by atoms with Gasteiger partial charge in [-0.05, 0) is 80.3 Å². The zero-order valence-electron chi connectivity index (χ0n) is 20.3. The van der Waals surface area contributed by atoms with E-state index in [-0.39, 0.29) is 6.42 Å². The van der Waals surface area contributed by atoms with Gasteiger partial charge >= 0.3 is 5.97 Å². The molecule has 0 saturated carbocycles. The number of piperidine rings is 1. The Morgan fingerprint density at radius 1 is 1.17 bits per heavy atom. The fourth-order valence-electron chi connectivity index (χ4n) is 5.10. The molecule has 3 heterocycles. The van der Waals surface area contributed by atoms with Crippen molar-refractivity contribution in [2.24, 2.45) is 11.8 Å². The zero-order valence-corrected chi connectivity index (χ0v) is 21.1. The van der Waals surface area contributed by atoms with Crippen molar-refractivity contribution in [2.75, 3.05) is 32.5 Å². The SMILES string of the molecule is COc1ccc2nccc(CCCC3CCN(CCSc4cnccn4)CC3CCC(=O)O)c2c1. The highest BCUT2D eigenvalue weighted by Crippen LogP contribution is 2.32. The van der Waals surface area contributed by atoms with Gasteiger partial charge in [0.25, 0.3) is 0 Å². The third kappa shape index (κ3) is 7.39. The molecule has 0 aliphatic carbocycles. The Morgan fingerprint density at radius 2 is 2.09 bits per heavy atom. The van der Waals surface area contributed by atoms with Crippen molar-refractivity contribution in [3.63, 3.8) is 0 Å². The molecule has 35 heavy (non-hydrogen) atoms. The molecule has 1 aliphatic rings. The second-order valence-corrected chi connectivity index (χ2v) is 10.3. The van der Waals surface area contributed by atoms with Crippen molar-refractivity contribution in [1.82, 2.24) is 19.9 Å². The van der Waals surface area contributed by atoms with Crippen LogP contribution in [0.25, 0.3) is 10.9 Å². The summed E-state index contributed by atoms with van der Waals surface area (Å²) in [6, 6.07) is 8.15. The summed E-state index contributed by atoms with van der Waals surface area (Å²) in [4.78, 5) is 26.7. The molecule has 1 saturated heterocycles. The van der Waals surface area contributed by atoms with Gasteiger partial charge in [0.05, 0.1) is 18.8 Å². The maximum Gasteiger partial charge on any atom is 0.303 e. The number of nitrogens with zero attached hydrogens (tertiary/aromatic N) is 4. The summed E-state index contributed by atoms with van der Waals surface area (Å²) in [5.41, 5.74) is 2.30. The molecule has 186 valence electrons. The quantitative estimate of drug-likeness (QED) is 0.354. The minimum atomic E-state index is -0.698. The predicted molar refractivity (Wildman–Crippen MR) is 139 cm³/mol. The number of benzene rings is 1. The third-order valence-corrected chi connectivity index (χ3v) is 7.85. The molecule has 8 heteroatoms. The number of hydrogen-bond acceptors (Lipinski definition) is 7. The van der Waals surface area contributed by atoms with E-state index in [2.05, 4.69) is 32.0 Å². The Morgan fingerprint density at radius 3 is 2.89 bits per heavy atom. The molecule has 1 aromatic carbocycles. The van der Waals surface area contributed by atoms with Crippen LogP contribution in [-0.2, 0) is 11.2 Å². The van der Waals surface area contributed by atoms with Crippen molar-refractivity contribution in [1.29, 1.82) is 0 Å². The Bertz CT molecular complexity index is 1100. The standard InChI is InChI=1S/C27H34N4O3S/c1-34-23-6-7-25-24(17-23)21(9-11-29-25)4-2-3-20-10-14-31(19-22(20)5-8-27(32)33)15-16-35-26-18-28-12-13-30-26/h6-7,9,11-13,17-18,20,22H,2-5,8,10,14-16,19H2,1H3,(H,32,33). The van der Waals surface area contributed by atoms with Crippen LogP contribution in [0.2, 0.25) is 0 Å². The topological polar surface area (TPSA) is 88.4 Å². The molecule has 1 N–H and O–H groups in total. The van der Waals surface area contributed by atoms with Gasteiger partial charge in [-0.2, -0.15) is 0 Å². The van der Waals surface area contributed by atoms with Crippen LogP contribution in [-0.4, -0.2) is 63.4 Å². The van der Waals surface area contributed by atoms with Gasteiger partial charge < -0.3 is 14.7 Å². The first-order valence-electron chi connectivity index (χ1n) is 12.4. The van der Waals surface area contributed by atoms with Crippen LogP contribution in [0.1, 0.15) is 37.7 Å². The molecule has 4 rings (SSSR count). The first-order valence-corrected chi connectivity index (χ1v) is 13.4. The number of thioether (sulfide) groups is 1. The van der Waals surface area contributed by atoms with Crippen molar-refractivity contribution in [2.45, 2.75) is 43.6 Å². The highest BCUT2D eigenvalue weighted by atomic mass is 32.2. The number of carboxylic acid groups (broad SMARTS) is 1. The van der Waals surface area contributed by atoms with Crippen LogP contribution in [0.5, 0.6) is 5.75 Å². The van der Waals surface area contributed by atoms with Crippen LogP contribution in [0, 0.1) is 11.8 Å². The molecule has 0 amide bonds. The number of ether oxygens (including phenoxy) is 1. The molecule has 2 unspecified atom stereocenters. The summed E-state index contributed by atoms with van der Waals surface area (Å²) in [6.07, 6.45) is 12.4. The lowest BCUT2D eigenvalue weighted by Gasteiger charge is -2.39. The second kappa shape index (κ2) is 12.8. The number of hydrogen-bond donors (Lipinski definition) is 1. The first kappa shape index (κ1) is 25.4. The lowest BCUT2D eigenvalue weighted by atomic mass is 9.79. The number of fused-ring (bicyclic) bond motifs is 1. The normalized spacial score (nSPS) is 18.5. The summed E-state index contributed by atoms with van der Waals surface area (Å²) >= 11 is 1.73. The van der Waals surface area contributed by atoms with Crippen LogP contribution in [0.4, 0.5) is 0 Å². The molecular weight excluding hydrogens is 460 g/mol. The van der Waals surface area contributed by atoms with Gasteiger partial charge in [-0.15, -0.1) is 11.8 Å². The molecule has 7 nitrogen and oxygen atoms in total. The second-order valence-electron chi connectivity index (χ2n) is 9.18. The Kier molecular flexibility index (Phi) is 9.31. The number of carboxylic acids is 1. The van der Waals surface area contributed by atoms with Gasteiger partial charge in [0.15, 0.2) is 0 Å². The minimum absolute atomic E-state index is 0.248. The first-order chi connectivity index (χ1) is 17.1. The third-order valence-electron chi connectivity index (χ3n) is 6.96. The number of aromatic nitrogens is 3. The summed E-state index contributed by atoms with van der Waals surface area (Å²) in [6.45, 7) is 3.04. The van der Waals surface area contributed by atoms with Gasteiger partial charge in [0.1, 0.15) is 10.8 Å². The maximum atomic E-state index is 11.3. The molecule has 2 aromatic heterocycles. The number of rotatable bonds is 12. The van der Waals surface area contributed by atoms with Gasteiger partial charge in [-0.1, -0.05) is 0 Å². The molecule has 2 atom stereocenters. The van der Waals surface area contributed by atoms with Gasteiger partial charge in [0, 0.05) is 49.2 Å². The Balaban J connectivity index is 1.31. The monoisotopic (exact) mass is 494 g/mol. The van der Waals surface area contributed by atoms with E-state index in [0.29, 0.717) is 11.8 Å². The van der Waals surface area contributed by atoms with E-state index in [1.54, 1.807) is 37.5 Å².